The quantitative estimate of drug-likeness (QED) is 0.484. The molecule has 0 saturated heterocycles. The van der Waals surface area contributed by atoms with E-state index in [1.54, 1.807) is 0 Å². The topological polar surface area (TPSA) is 36.9 Å². The minimum atomic E-state index is -0.727. The molecule has 0 aromatic carbocycles. The summed E-state index contributed by atoms with van der Waals surface area (Å²) in [5, 5.41) is 8.95. The van der Waals surface area contributed by atoms with Gasteiger partial charge in [0.25, 0.3) is 0 Å². The van der Waals surface area contributed by atoms with Gasteiger partial charge in [0, 0.05) is 0 Å². The standard InChI is InChI=1S/C13H27.C5H2NO.Sn/c1-4-7-10-13(11-8-5-2)12-9-6-3;6-4-5-2-1-3-7-5;/h4-12H2,1-3H3;2-3H;. The summed E-state index contributed by atoms with van der Waals surface area (Å²) in [6.45, 7) is 6.88. The Labute approximate surface area is 140 Å². The monoisotopic (exact) mass is 395 g/mol. The van der Waals surface area contributed by atoms with Crippen LogP contribution in [0.15, 0.2) is 16.7 Å². The van der Waals surface area contributed by atoms with Crippen LogP contribution in [0.2, 0.25) is 3.43 Å². The molecule has 0 amide bonds. The first-order chi connectivity index (χ1) is 10.2. The van der Waals surface area contributed by atoms with E-state index in [4.69, 9.17) is 9.68 Å². The minimum absolute atomic E-state index is 0.487. The Morgan fingerprint density at radius 1 is 1.05 bits per heavy atom. The van der Waals surface area contributed by atoms with Crippen molar-refractivity contribution in [2.45, 2.75) is 82.0 Å². The molecule has 116 valence electrons. The summed E-state index contributed by atoms with van der Waals surface area (Å²) in [6, 6.07) is 4.13. The van der Waals surface area contributed by atoms with Crippen LogP contribution in [0, 0.1) is 11.3 Å². The molecule has 0 bridgehead atoms. The fourth-order valence-electron chi connectivity index (χ4n) is 2.87. The van der Waals surface area contributed by atoms with Gasteiger partial charge in [-0.25, -0.2) is 0 Å². The summed E-state index contributed by atoms with van der Waals surface area (Å²) in [4.78, 5) is 0. The molecule has 1 aromatic heterocycles. The van der Waals surface area contributed by atoms with E-state index < -0.39 is 21.1 Å². The number of rotatable bonds is 11. The van der Waals surface area contributed by atoms with Gasteiger partial charge in [0.05, 0.1) is 0 Å². The van der Waals surface area contributed by atoms with Gasteiger partial charge in [-0.05, 0) is 0 Å². The molecule has 21 heavy (non-hydrogen) atoms. The zero-order valence-electron chi connectivity index (χ0n) is 13.9. The molecule has 1 heterocycles. The SMILES string of the molecule is CCCC[C](CCCC)(CCCC)[Sn][c]1coc(C#N)c1. The maximum atomic E-state index is 8.95. The van der Waals surface area contributed by atoms with Crippen molar-refractivity contribution < 1.29 is 4.42 Å². The molecular formula is C18H29NOSn. The summed E-state index contributed by atoms with van der Waals surface area (Å²) in [6.07, 6.45) is 13.9. The van der Waals surface area contributed by atoms with E-state index in [0.29, 0.717) is 9.19 Å². The molecule has 2 nitrogen and oxygen atoms in total. The third-order valence-corrected chi connectivity index (χ3v) is 9.37. The van der Waals surface area contributed by atoms with E-state index in [-0.39, 0.29) is 0 Å². The Bertz CT molecular complexity index is 411. The zero-order chi connectivity index (χ0) is 15.6. The summed E-state index contributed by atoms with van der Waals surface area (Å²) in [7, 11) is 0. The number of nitriles is 1. The van der Waals surface area contributed by atoms with Crippen molar-refractivity contribution in [2.75, 3.05) is 0 Å². The number of nitrogens with zero attached hydrogens (tertiary/aromatic N) is 1. The number of hydrogen-bond acceptors (Lipinski definition) is 2. The summed E-state index contributed by atoms with van der Waals surface area (Å²) in [5.74, 6) is 0.487. The third-order valence-electron chi connectivity index (χ3n) is 4.15. The molecule has 0 N–H and O–H groups in total. The Balaban J connectivity index is 2.86. The molecular weight excluding hydrogens is 365 g/mol. The van der Waals surface area contributed by atoms with Gasteiger partial charge in [0.2, 0.25) is 0 Å². The number of hydrogen-bond donors (Lipinski definition) is 0. The van der Waals surface area contributed by atoms with Crippen LogP contribution in [0.3, 0.4) is 0 Å². The first-order valence-corrected chi connectivity index (χ1v) is 11.3. The van der Waals surface area contributed by atoms with Gasteiger partial charge >= 0.3 is 141 Å². The Morgan fingerprint density at radius 2 is 1.57 bits per heavy atom. The van der Waals surface area contributed by atoms with Crippen LogP contribution in [-0.2, 0) is 0 Å². The van der Waals surface area contributed by atoms with Crippen LogP contribution in [0.1, 0.15) is 84.3 Å². The first kappa shape index (κ1) is 18.6. The van der Waals surface area contributed by atoms with E-state index in [1.165, 1.54) is 61.4 Å². The normalized spacial score (nSPS) is 11.5. The fourth-order valence-corrected chi connectivity index (χ4v) is 8.12. The average Bonchev–Trinajstić information content (AvgIpc) is 2.96. The second-order valence-electron chi connectivity index (χ2n) is 6.03. The molecule has 0 aliphatic rings. The number of furan rings is 1. The zero-order valence-corrected chi connectivity index (χ0v) is 16.7. The molecule has 3 heteroatoms. The van der Waals surface area contributed by atoms with E-state index in [0.717, 1.165) is 0 Å². The molecule has 0 fully saturated rings. The van der Waals surface area contributed by atoms with Gasteiger partial charge in [0.1, 0.15) is 0 Å². The molecule has 0 aliphatic carbocycles. The molecule has 0 spiro atoms. The van der Waals surface area contributed by atoms with Gasteiger partial charge in [0.15, 0.2) is 0 Å². The van der Waals surface area contributed by atoms with E-state index >= 15 is 0 Å². The van der Waals surface area contributed by atoms with Gasteiger partial charge in [-0.1, -0.05) is 0 Å². The fraction of sp³-hybridized carbons (Fsp3) is 0.722. The van der Waals surface area contributed by atoms with Crippen molar-refractivity contribution in [1.29, 1.82) is 5.26 Å². The Hall–Kier alpha value is -0.431. The molecule has 2 radical (unpaired) electrons. The van der Waals surface area contributed by atoms with Crippen LogP contribution in [0.5, 0.6) is 0 Å². The average molecular weight is 394 g/mol. The molecule has 1 aromatic rings. The Morgan fingerprint density at radius 3 is 1.95 bits per heavy atom. The predicted octanol–water partition coefficient (Wildman–Crippen LogP) is 5.21. The molecule has 0 unspecified atom stereocenters. The van der Waals surface area contributed by atoms with Crippen LogP contribution in [0.25, 0.3) is 0 Å². The van der Waals surface area contributed by atoms with E-state index in [1.807, 2.05) is 12.3 Å². The Kier molecular flexibility index (Phi) is 9.15. The predicted molar refractivity (Wildman–Crippen MR) is 90.1 cm³/mol. The van der Waals surface area contributed by atoms with Crippen molar-refractivity contribution in [3.8, 4) is 6.07 Å². The van der Waals surface area contributed by atoms with E-state index in [9.17, 15) is 0 Å². The molecule has 0 saturated carbocycles. The van der Waals surface area contributed by atoms with E-state index in [2.05, 4.69) is 26.8 Å². The molecule has 0 atom stereocenters. The number of unbranched alkanes of at least 4 members (excludes halogenated alkanes) is 3. The molecule has 1 rings (SSSR count). The third kappa shape index (κ3) is 6.46. The second kappa shape index (κ2) is 10.3. The summed E-state index contributed by atoms with van der Waals surface area (Å²) in [5.41, 5.74) is 0. The molecule has 0 aliphatic heterocycles. The van der Waals surface area contributed by atoms with Crippen molar-refractivity contribution in [2.24, 2.45) is 0 Å². The van der Waals surface area contributed by atoms with Crippen molar-refractivity contribution in [3.05, 3.63) is 18.1 Å². The van der Waals surface area contributed by atoms with Crippen LogP contribution >= 0.6 is 0 Å². The first-order valence-electron chi connectivity index (χ1n) is 8.46. The van der Waals surface area contributed by atoms with Crippen LogP contribution in [0.4, 0.5) is 0 Å². The summed E-state index contributed by atoms with van der Waals surface area (Å²) < 4.78 is 7.30. The van der Waals surface area contributed by atoms with Crippen molar-refractivity contribution in [3.63, 3.8) is 0 Å². The van der Waals surface area contributed by atoms with Crippen molar-refractivity contribution >= 4 is 24.7 Å². The van der Waals surface area contributed by atoms with Gasteiger partial charge in [-0.15, -0.1) is 0 Å². The van der Waals surface area contributed by atoms with Gasteiger partial charge in [-0.3, -0.25) is 0 Å². The van der Waals surface area contributed by atoms with Crippen molar-refractivity contribution in [1.82, 2.24) is 0 Å². The summed E-state index contributed by atoms with van der Waals surface area (Å²) >= 11 is -0.727. The maximum absolute atomic E-state index is 8.95. The van der Waals surface area contributed by atoms with Crippen LogP contribution < -0.4 is 3.58 Å². The second-order valence-corrected chi connectivity index (χ2v) is 11.4. The van der Waals surface area contributed by atoms with Gasteiger partial charge < -0.3 is 0 Å². The van der Waals surface area contributed by atoms with Crippen LogP contribution in [-0.4, -0.2) is 21.1 Å². The van der Waals surface area contributed by atoms with Gasteiger partial charge in [-0.2, -0.15) is 0 Å².